The van der Waals surface area contributed by atoms with Gasteiger partial charge >= 0.3 is 0 Å². The van der Waals surface area contributed by atoms with Gasteiger partial charge in [0, 0.05) is 49.7 Å². The standard InChI is InChI=1S/C68H100N8O18S2/c1-4-88-27-28-90-31-32-92-35-36-94-38-37-93-34-33-91-30-29-89-26-24-61(81)70-55(40-49-17-9-6-10-18-49)65(84)74-58-44-95-96-45-59(67(86)73-57(43-77)46(2)78)75-68(87)62(47(3)79)76-64(83)54(21-13-14-25-69)71-66(85)56(41-51-23-22-50-19-11-12-20-53(50)51)72-63(82)52(42-60(58)80)39-48-15-7-5-8-16-48/h5-12,15-20,23,46-47,52,54-59,62,77-79H,4,13-14,21-22,24-45,69H2,1-3H3,(H,70,81)(H,71,85)(H,72,82)(H,73,86)(H,74,84)(H,75,87)(H,76,83)/t46-,47-,52-,54+,55-,56-,57-,58+,59+,62+/m1/s1. The Kier molecular flexibility index (Phi) is 39.1. The first kappa shape index (κ1) is 80.3. The van der Waals surface area contributed by atoms with Crippen LogP contribution in [0.15, 0.2) is 91.0 Å². The summed E-state index contributed by atoms with van der Waals surface area (Å²) in [6.45, 7) is 9.44. The molecule has 3 aromatic carbocycles. The number of hydrogen-bond acceptors (Lipinski definition) is 21. The first-order valence-electron chi connectivity index (χ1n) is 33.0. The molecule has 28 heteroatoms. The fourth-order valence-corrected chi connectivity index (χ4v) is 12.6. The number of nitrogens with one attached hydrogen (secondary N) is 7. The van der Waals surface area contributed by atoms with E-state index in [0.717, 1.165) is 38.3 Å². The molecule has 3 aromatic rings. The highest BCUT2D eigenvalue weighted by Crippen LogP contribution is 2.31. The van der Waals surface area contributed by atoms with Crippen LogP contribution in [0.3, 0.4) is 0 Å². The number of fused-ring (bicyclic) bond motifs is 1. The topological polar surface area (TPSA) is 372 Å². The van der Waals surface area contributed by atoms with Gasteiger partial charge in [-0.25, -0.2) is 0 Å². The van der Waals surface area contributed by atoms with Crippen molar-refractivity contribution in [3.8, 4) is 0 Å². The minimum absolute atomic E-state index is 0.00735. The lowest BCUT2D eigenvalue weighted by Crippen LogP contribution is -2.61. The summed E-state index contributed by atoms with van der Waals surface area (Å²) >= 11 is 0. The summed E-state index contributed by atoms with van der Waals surface area (Å²) < 4.78 is 38.5. The Bertz CT molecular complexity index is 2850. The van der Waals surface area contributed by atoms with Crippen molar-refractivity contribution in [1.29, 1.82) is 0 Å². The maximum Gasteiger partial charge on any atom is 0.245 e. The molecule has 0 bridgehead atoms. The second kappa shape index (κ2) is 46.8. The number of amides is 7. The van der Waals surface area contributed by atoms with Gasteiger partial charge in [0.2, 0.25) is 41.4 Å². The zero-order valence-electron chi connectivity index (χ0n) is 55.4. The number of aliphatic hydroxyl groups excluding tert-OH is 3. The number of hydrogen-bond donors (Lipinski definition) is 11. The molecular weight excluding hydrogens is 1280 g/mol. The number of allylic oxidation sites excluding steroid dienone is 1. The van der Waals surface area contributed by atoms with E-state index in [-0.39, 0.29) is 70.0 Å². The van der Waals surface area contributed by atoms with Gasteiger partial charge < -0.3 is 91.4 Å². The Morgan fingerprint density at radius 3 is 1.76 bits per heavy atom. The van der Waals surface area contributed by atoms with Crippen molar-refractivity contribution in [3.63, 3.8) is 0 Å². The van der Waals surface area contributed by atoms with Crippen LogP contribution in [0.4, 0.5) is 0 Å². The molecule has 0 spiro atoms. The number of nitrogens with two attached hydrogens (primary N) is 1. The van der Waals surface area contributed by atoms with Gasteiger partial charge in [-0.1, -0.05) is 113 Å². The first-order chi connectivity index (χ1) is 46.5. The van der Waals surface area contributed by atoms with Gasteiger partial charge in [0.05, 0.1) is 117 Å². The van der Waals surface area contributed by atoms with Gasteiger partial charge in [-0.2, -0.15) is 0 Å². The van der Waals surface area contributed by atoms with E-state index >= 15 is 9.59 Å². The van der Waals surface area contributed by atoms with Crippen molar-refractivity contribution in [1.82, 2.24) is 37.2 Å². The summed E-state index contributed by atoms with van der Waals surface area (Å²) in [5.74, 6) is -7.59. The van der Waals surface area contributed by atoms with Gasteiger partial charge in [-0.15, -0.1) is 0 Å². The van der Waals surface area contributed by atoms with Crippen molar-refractivity contribution < 1.29 is 86.8 Å². The van der Waals surface area contributed by atoms with E-state index in [1.54, 1.807) is 60.7 Å². The number of Topliss-reactive ketones (excluding diaryl/α,β-unsaturated/α-hetero) is 1. The van der Waals surface area contributed by atoms with Gasteiger partial charge in [0.1, 0.15) is 30.2 Å². The normalized spacial score (nSPS) is 20.4. The first-order valence-corrected chi connectivity index (χ1v) is 35.5. The quantitative estimate of drug-likeness (QED) is 0.0282. The zero-order valence-corrected chi connectivity index (χ0v) is 57.0. The SMILES string of the molecule is CCOCCOCCOCCOCCOCCOCCOCCC(=O)N[C@H](Cc1ccccc1)C(=O)N[C@H]1CSSC[C@@H](C(=O)N[C@H](CO)[C@@H](C)O)NC(=O)[C@H]([C@@H](C)O)NC(=O)[C@H](CCCCN)NC(=O)[C@@H](CC2=CCc3ccccc32)NC(=O)[C@H](Cc2ccccc2)CC1=O. The number of carbonyl (C=O) groups is 8. The summed E-state index contributed by atoms with van der Waals surface area (Å²) in [7, 11) is 2.04. The van der Waals surface area contributed by atoms with Crippen LogP contribution in [0.1, 0.15) is 81.5 Å². The molecule has 2 aliphatic rings. The molecule has 0 radical (unpaired) electrons. The molecular formula is C68H100N8O18S2. The molecule has 7 amide bonds. The number of ether oxygens (including phenoxy) is 7. The monoisotopic (exact) mass is 1380 g/mol. The zero-order chi connectivity index (χ0) is 69.3. The van der Waals surface area contributed by atoms with E-state index in [9.17, 15) is 44.1 Å². The lowest BCUT2D eigenvalue weighted by Gasteiger charge is -2.29. The smallest absolute Gasteiger partial charge is 0.245 e. The molecule has 1 fully saturated rings. The van der Waals surface area contributed by atoms with E-state index in [1.165, 1.54) is 13.8 Å². The highest BCUT2D eigenvalue weighted by molar-refractivity contribution is 8.76. The molecule has 0 saturated carbocycles. The van der Waals surface area contributed by atoms with E-state index in [1.807, 2.05) is 37.3 Å². The van der Waals surface area contributed by atoms with Crippen LogP contribution in [0.5, 0.6) is 0 Å². The van der Waals surface area contributed by atoms with Crippen molar-refractivity contribution >= 4 is 74.3 Å². The minimum atomic E-state index is -1.70. The molecule has 1 aliphatic heterocycles. The maximum absolute atomic E-state index is 15.2. The van der Waals surface area contributed by atoms with Crippen molar-refractivity contribution in [2.45, 2.75) is 133 Å². The third-order valence-corrected chi connectivity index (χ3v) is 18.0. The van der Waals surface area contributed by atoms with Crippen molar-refractivity contribution in [2.75, 3.05) is 117 Å². The molecule has 1 heterocycles. The summed E-state index contributed by atoms with van der Waals surface area (Å²) in [5, 5.41) is 50.6. The van der Waals surface area contributed by atoms with Crippen LogP contribution in [0, 0.1) is 5.92 Å². The Balaban J connectivity index is 1.36. The molecule has 10 atom stereocenters. The summed E-state index contributed by atoms with van der Waals surface area (Å²) in [5.41, 5.74) is 9.83. The van der Waals surface area contributed by atoms with Gasteiger partial charge in [0.25, 0.3) is 0 Å². The van der Waals surface area contributed by atoms with E-state index < -0.39 is 121 Å². The molecule has 0 aromatic heterocycles. The summed E-state index contributed by atoms with van der Waals surface area (Å²) in [4.78, 5) is 116. The van der Waals surface area contributed by atoms with Crippen LogP contribution in [-0.2, 0) is 90.8 Å². The van der Waals surface area contributed by atoms with E-state index in [4.69, 9.17) is 38.9 Å². The van der Waals surface area contributed by atoms with E-state index in [2.05, 4.69) is 37.2 Å². The molecule has 96 heavy (non-hydrogen) atoms. The van der Waals surface area contributed by atoms with Gasteiger partial charge in [-0.05, 0) is 87.2 Å². The predicted octanol–water partition coefficient (Wildman–Crippen LogP) is 1.27. The lowest BCUT2D eigenvalue weighted by molar-refractivity contribution is -0.137. The molecule has 5 rings (SSSR count). The number of unbranched alkanes of at least 4 members (excludes halogenated alkanes) is 1. The predicted molar refractivity (Wildman–Crippen MR) is 364 cm³/mol. The second-order valence-electron chi connectivity index (χ2n) is 23.1. The average Bonchev–Trinajstić information content (AvgIpc) is 1.71. The Morgan fingerprint density at radius 2 is 1.18 bits per heavy atom. The fourth-order valence-electron chi connectivity index (χ4n) is 10.2. The lowest BCUT2D eigenvalue weighted by atomic mass is 9.90. The summed E-state index contributed by atoms with van der Waals surface area (Å²) in [6.07, 6.45) is -0.0763. The third-order valence-electron chi connectivity index (χ3n) is 15.6. The van der Waals surface area contributed by atoms with Crippen LogP contribution < -0.4 is 43.0 Å². The number of rotatable bonds is 40. The van der Waals surface area contributed by atoms with Crippen LogP contribution >= 0.6 is 21.6 Å². The Labute approximate surface area is 570 Å². The number of carbonyl (C=O) groups excluding carboxylic acids is 8. The maximum atomic E-state index is 15.2. The highest BCUT2D eigenvalue weighted by atomic mass is 33.1. The minimum Gasteiger partial charge on any atom is -0.394 e. The molecule has 26 nitrogen and oxygen atoms in total. The van der Waals surface area contributed by atoms with Crippen molar-refractivity contribution in [2.24, 2.45) is 11.7 Å². The fraction of sp³-hybridized carbons (Fsp3) is 0.588. The van der Waals surface area contributed by atoms with Crippen LogP contribution in [-0.4, -0.2) is 234 Å². The average molecular weight is 1380 g/mol. The molecule has 532 valence electrons. The van der Waals surface area contributed by atoms with Crippen LogP contribution in [0.25, 0.3) is 5.57 Å². The van der Waals surface area contributed by atoms with Gasteiger partial charge in [-0.3, -0.25) is 38.4 Å². The summed E-state index contributed by atoms with van der Waals surface area (Å²) in [6, 6.07) is 15.9. The molecule has 1 aliphatic carbocycles. The molecule has 1 saturated heterocycles. The van der Waals surface area contributed by atoms with Crippen molar-refractivity contribution in [3.05, 3.63) is 113 Å². The largest absolute Gasteiger partial charge is 0.394 e. The Hall–Kier alpha value is -6.38. The molecule has 12 N–H and O–H groups in total. The molecule has 0 unspecified atom stereocenters. The number of aliphatic hydroxyl groups is 3. The number of benzene rings is 3. The highest BCUT2D eigenvalue weighted by Gasteiger charge is 2.37. The second-order valence-corrected chi connectivity index (χ2v) is 25.7. The van der Waals surface area contributed by atoms with E-state index in [0.29, 0.717) is 103 Å². The Morgan fingerprint density at radius 1 is 0.625 bits per heavy atom. The van der Waals surface area contributed by atoms with Gasteiger partial charge in [0.15, 0.2) is 5.78 Å². The van der Waals surface area contributed by atoms with Crippen LogP contribution in [0.2, 0.25) is 0 Å². The third kappa shape index (κ3) is 30.6. The number of ketones is 1.